The highest BCUT2D eigenvalue weighted by Crippen LogP contribution is 2.26. The molecule has 0 amide bonds. The number of aryl methyl sites for hydroxylation is 5. The Kier molecular flexibility index (Phi) is 14.9. The Morgan fingerprint density at radius 1 is 0.533 bits per heavy atom. The van der Waals surface area contributed by atoms with Gasteiger partial charge in [-0.2, -0.15) is 0 Å². The van der Waals surface area contributed by atoms with E-state index in [9.17, 15) is 39.6 Å². The van der Waals surface area contributed by atoms with Crippen LogP contribution >= 0.6 is 0 Å². The number of aromatic carboxylic acids is 2. The molecule has 0 aliphatic rings. The molecule has 312 valence electrons. The van der Waals surface area contributed by atoms with Gasteiger partial charge >= 0.3 is 11.9 Å². The Bertz CT molecular complexity index is 2670. The van der Waals surface area contributed by atoms with Crippen LogP contribution in [0.4, 0.5) is 24.5 Å². The first-order valence-electron chi connectivity index (χ1n) is 18.6. The zero-order chi connectivity index (χ0) is 43.5. The highest BCUT2D eigenvalue weighted by molar-refractivity contribution is 7.93. The number of hydrogen-bond acceptors (Lipinski definition) is 6. The lowest BCUT2D eigenvalue weighted by atomic mass is 10.0. The number of para-hydroxylation sites is 2. The van der Waals surface area contributed by atoms with Crippen LogP contribution in [-0.2, 0) is 45.7 Å². The van der Waals surface area contributed by atoms with Crippen LogP contribution in [-0.4, -0.2) is 39.0 Å². The molecule has 4 N–H and O–H groups in total. The van der Waals surface area contributed by atoms with Crippen LogP contribution in [0.1, 0.15) is 61.4 Å². The topological polar surface area (TPSA) is 167 Å². The van der Waals surface area contributed by atoms with Gasteiger partial charge in [-0.15, -0.1) is 0 Å². The molecule has 10 nitrogen and oxygen atoms in total. The Morgan fingerprint density at radius 2 is 0.967 bits per heavy atom. The molecule has 0 aliphatic heterocycles. The smallest absolute Gasteiger partial charge is 0.335 e. The summed E-state index contributed by atoms with van der Waals surface area (Å²) in [7, 11) is -8.37. The van der Waals surface area contributed by atoms with Gasteiger partial charge in [-0.25, -0.2) is 39.6 Å². The maximum absolute atomic E-state index is 13.9. The second-order valence-corrected chi connectivity index (χ2v) is 17.0. The zero-order valence-electron chi connectivity index (χ0n) is 32.2. The van der Waals surface area contributed by atoms with Crippen LogP contribution in [0.3, 0.4) is 0 Å². The minimum Gasteiger partial charge on any atom is -0.478 e. The standard InChI is InChI=1S/C23H22FNO4S.C22H19F2NO4S/c1-16-9-14-20(24)15-22(16)30(28,29)25-21-8-3-2-6-18(21)7-4-5-17-10-12-19(13-11-17)23(26)27;23-18-8-4-9-19(24)21(18)30(28,29)25-20-10-2-1-6-16(20)7-3-5-15-11-13-17(14-12-15)22(26)27/h2-3,6,8-15,25H,4-5,7H2,1H3,(H,26,27);1-2,4,6,8-14,25H,3,5,7H2,(H,26,27). The molecule has 0 aliphatic carbocycles. The van der Waals surface area contributed by atoms with Gasteiger partial charge in [0.15, 0.2) is 4.90 Å². The normalized spacial score (nSPS) is 11.3. The first-order chi connectivity index (χ1) is 28.5. The molecule has 0 spiro atoms. The summed E-state index contributed by atoms with van der Waals surface area (Å²) in [5.74, 6) is -4.89. The summed E-state index contributed by atoms with van der Waals surface area (Å²) in [4.78, 5) is 20.7. The molecule has 0 saturated carbocycles. The van der Waals surface area contributed by atoms with Gasteiger partial charge < -0.3 is 10.2 Å². The summed E-state index contributed by atoms with van der Waals surface area (Å²) in [6, 6.07) is 33.6. The number of carboxylic acids is 2. The monoisotopic (exact) mass is 858 g/mol. The molecule has 6 aromatic carbocycles. The first-order valence-corrected chi connectivity index (χ1v) is 21.6. The van der Waals surface area contributed by atoms with Gasteiger partial charge in [0.2, 0.25) is 0 Å². The van der Waals surface area contributed by atoms with E-state index in [1.54, 1.807) is 73.7 Å². The molecule has 0 fully saturated rings. The molecule has 60 heavy (non-hydrogen) atoms. The molecule has 0 unspecified atom stereocenters. The van der Waals surface area contributed by atoms with Crippen molar-refractivity contribution in [2.75, 3.05) is 9.44 Å². The average Bonchev–Trinajstić information content (AvgIpc) is 3.20. The van der Waals surface area contributed by atoms with E-state index in [2.05, 4.69) is 9.44 Å². The van der Waals surface area contributed by atoms with E-state index in [1.807, 2.05) is 12.1 Å². The molecule has 0 bridgehead atoms. The van der Waals surface area contributed by atoms with Crippen molar-refractivity contribution in [1.82, 2.24) is 0 Å². The minimum atomic E-state index is -4.44. The van der Waals surface area contributed by atoms with E-state index < -0.39 is 54.3 Å². The molecule has 0 saturated heterocycles. The van der Waals surface area contributed by atoms with Gasteiger partial charge in [0.25, 0.3) is 20.0 Å². The third-order valence-electron chi connectivity index (χ3n) is 9.38. The predicted molar refractivity (Wildman–Crippen MR) is 223 cm³/mol. The fraction of sp³-hybridized carbons (Fsp3) is 0.156. The molecule has 6 aromatic rings. The van der Waals surface area contributed by atoms with E-state index in [4.69, 9.17) is 10.2 Å². The van der Waals surface area contributed by atoms with Crippen LogP contribution < -0.4 is 9.44 Å². The maximum Gasteiger partial charge on any atom is 0.335 e. The Hall–Kier alpha value is -6.45. The summed E-state index contributed by atoms with van der Waals surface area (Å²) in [5, 5.41) is 17.9. The van der Waals surface area contributed by atoms with E-state index in [1.165, 1.54) is 30.3 Å². The second kappa shape index (κ2) is 20.0. The van der Waals surface area contributed by atoms with E-state index in [0.717, 1.165) is 53.8 Å². The van der Waals surface area contributed by atoms with Crippen molar-refractivity contribution in [3.05, 3.63) is 190 Å². The van der Waals surface area contributed by atoms with Crippen LogP contribution in [0, 0.1) is 24.4 Å². The Balaban J connectivity index is 0.000000228. The molecular weight excluding hydrogens is 818 g/mol. The molecule has 6 rings (SSSR count). The van der Waals surface area contributed by atoms with Crippen LogP contribution in [0.15, 0.2) is 143 Å². The summed E-state index contributed by atoms with van der Waals surface area (Å²) < 4.78 is 96.9. The second-order valence-electron chi connectivity index (χ2n) is 13.7. The molecule has 0 aromatic heterocycles. The number of carboxylic acid groups (broad SMARTS) is 2. The quantitative estimate of drug-likeness (QED) is 0.0747. The van der Waals surface area contributed by atoms with Crippen molar-refractivity contribution in [2.24, 2.45) is 0 Å². The Labute approximate surface area is 346 Å². The lowest BCUT2D eigenvalue weighted by molar-refractivity contribution is 0.0686. The van der Waals surface area contributed by atoms with Crippen molar-refractivity contribution >= 4 is 43.4 Å². The van der Waals surface area contributed by atoms with Gasteiger partial charge in [-0.3, -0.25) is 9.44 Å². The van der Waals surface area contributed by atoms with E-state index in [0.29, 0.717) is 42.5 Å². The molecule has 0 radical (unpaired) electrons. The highest BCUT2D eigenvalue weighted by atomic mass is 32.2. The molecule has 15 heteroatoms. The van der Waals surface area contributed by atoms with Gasteiger partial charge in [-0.1, -0.05) is 72.8 Å². The number of hydrogen-bond donors (Lipinski definition) is 4. The highest BCUT2D eigenvalue weighted by Gasteiger charge is 2.25. The number of anilines is 2. The summed E-state index contributed by atoms with van der Waals surface area (Å²) >= 11 is 0. The molecule has 0 atom stereocenters. The third-order valence-corrected chi connectivity index (χ3v) is 12.3. The van der Waals surface area contributed by atoms with Crippen LogP contribution in [0.2, 0.25) is 0 Å². The van der Waals surface area contributed by atoms with Gasteiger partial charge in [0.05, 0.1) is 27.4 Å². The fourth-order valence-electron chi connectivity index (χ4n) is 6.27. The fourth-order valence-corrected chi connectivity index (χ4v) is 8.87. The molecular formula is C45H41F3N2O8S2. The van der Waals surface area contributed by atoms with Crippen molar-refractivity contribution in [1.29, 1.82) is 0 Å². The number of sulfonamides is 2. The van der Waals surface area contributed by atoms with E-state index in [-0.39, 0.29) is 21.7 Å². The van der Waals surface area contributed by atoms with Crippen molar-refractivity contribution in [3.8, 4) is 0 Å². The van der Waals surface area contributed by atoms with Crippen LogP contribution in [0.5, 0.6) is 0 Å². The van der Waals surface area contributed by atoms with Crippen molar-refractivity contribution in [3.63, 3.8) is 0 Å². The SMILES string of the molecule is Cc1ccc(F)cc1S(=O)(=O)Nc1ccccc1CCCc1ccc(C(=O)O)cc1.O=C(O)c1ccc(CCCc2ccccc2NS(=O)(=O)c2c(F)cccc2F)cc1. The van der Waals surface area contributed by atoms with Crippen molar-refractivity contribution in [2.45, 2.75) is 55.2 Å². The largest absolute Gasteiger partial charge is 0.478 e. The number of halogens is 3. The zero-order valence-corrected chi connectivity index (χ0v) is 33.9. The lowest BCUT2D eigenvalue weighted by Crippen LogP contribution is -2.17. The van der Waals surface area contributed by atoms with Gasteiger partial charge in [-0.05, 0) is 134 Å². The number of rotatable bonds is 16. The average molecular weight is 859 g/mol. The van der Waals surface area contributed by atoms with E-state index >= 15 is 0 Å². The minimum absolute atomic E-state index is 0.0872. The Morgan fingerprint density at radius 3 is 1.42 bits per heavy atom. The lowest BCUT2D eigenvalue weighted by Gasteiger charge is -2.14. The van der Waals surface area contributed by atoms with Gasteiger partial charge in [0, 0.05) is 0 Å². The summed E-state index contributed by atoms with van der Waals surface area (Å²) in [5.41, 5.74) is 5.09. The first kappa shape index (κ1) is 44.6. The number of carbonyl (C=O) groups is 2. The number of nitrogens with one attached hydrogen (secondary N) is 2. The maximum atomic E-state index is 13.9. The van der Waals surface area contributed by atoms with Crippen LogP contribution in [0.25, 0.3) is 0 Å². The summed E-state index contributed by atoms with van der Waals surface area (Å²) in [6.45, 7) is 1.62. The molecule has 0 heterocycles. The predicted octanol–water partition coefficient (Wildman–Crippen LogP) is 9.45. The number of benzene rings is 6. The summed E-state index contributed by atoms with van der Waals surface area (Å²) in [6.07, 6.45) is 3.94. The van der Waals surface area contributed by atoms with Crippen molar-refractivity contribution < 1.29 is 49.8 Å². The van der Waals surface area contributed by atoms with Gasteiger partial charge in [0.1, 0.15) is 17.5 Å². The third kappa shape index (κ3) is 12.1.